The molecule has 1 aliphatic rings. The van der Waals surface area contributed by atoms with Crippen LogP contribution in [0.2, 0.25) is 5.02 Å². The number of aromatic nitrogens is 2. The van der Waals surface area contributed by atoms with E-state index in [0.29, 0.717) is 16.8 Å². The highest BCUT2D eigenvalue weighted by Crippen LogP contribution is 2.34. The fourth-order valence-corrected chi connectivity index (χ4v) is 2.95. The highest BCUT2D eigenvalue weighted by molar-refractivity contribution is 6.33. The number of aryl methyl sites for hydroxylation is 1. The number of rotatable bonds is 3. The van der Waals surface area contributed by atoms with Gasteiger partial charge in [0.2, 0.25) is 5.95 Å². The molecule has 1 heterocycles. The third kappa shape index (κ3) is 2.66. The second kappa shape index (κ2) is 5.44. The minimum Gasteiger partial charge on any atom is -0.324 e. The van der Waals surface area contributed by atoms with Crippen molar-refractivity contribution in [2.45, 2.75) is 38.6 Å². The Hall–Kier alpha value is -1.55. The number of imidazole rings is 1. The Morgan fingerprint density at radius 1 is 1.35 bits per heavy atom. The summed E-state index contributed by atoms with van der Waals surface area (Å²) >= 11 is 6.10. The molecule has 0 unspecified atom stereocenters. The van der Waals surface area contributed by atoms with Gasteiger partial charge < -0.3 is 9.88 Å². The van der Waals surface area contributed by atoms with Crippen LogP contribution >= 0.6 is 11.6 Å². The van der Waals surface area contributed by atoms with Gasteiger partial charge in [0, 0.05) is 12.2 Å². The topological polar surface area (TPSA) is 29.9 Å². The van der Waals surface area contributed by atoms with Gasteiger partial charge >= 0.3 is 0 Å². The van der Waals surface area contributed by atoms with Crippen molar-refractivity contribution in [3.8, 4) is 0 Å². The standard InChI is InChI=1S/C15H17ClFN3/c1-10-9-20(12-4-2-3-5-12)15(18-10)19-14-8-11(17)6-7-13(14)16/h6-9,12H,2-5H2,1H3,(H,18,19). The van der Waals surface area contributed by atoms with Gasteiger partial charge in [-0.05, 0) is 38.0 Å². The average Bonchev–Trinajstić information content (AvgIpc) is 3.03. The molecule has 1 aromatic heterocycles. The fraction of sp³-hybridized carbons (Fsp3) is 0.400. The molecule has 1 N–H and O–H groups in total. The van der Waals surface area contributed by atoms with E-state index >= 15 is 0 Å². The van der Waals surface area contributed by atoms with Crippen molar-refractivity contribution in [3.05, 3.63) is 40.9 Å². The molecule has 0 amide bonds. The number of nitrogens with zero attached hydrogens (tertiary/aromatic N) is 2. The first-order valence-corrected chi connectivity index (χ1v) is 7.29. The van der Waals surface area contributed by atoms with Gasteiger partial charge in [-0.15, -0.1) is 0 Å². The van der Waals surface area contributed by atoms with E-state index in [1.165, 1.54) is 37.8 Å². The van der Waals surface area contributed by atoms with Gasteiger partial charge in [0.15, 0.2) is 0 Å². The summed E-state index contributed by atoms with van der Waals surface area (Å²) in [4.78, 5) is 4.49. The van der Waals surface area contributed by atoms with E-state index in [0.717, 1.165) is 11.6 Å². The highest BCUT2D eigenvalue weighted by atomic mass is 35.5. The minimum atomic E-state index is -0.312. The van der Waals surface area contributed by atoms with E-state index < -0.39 is 0 Å². The zero-order valence-corrected chi connectivity index (χ0v) is 12.1. The Morgan fingerprint density at radius 2 is 2.10 bits per heavy atom. The van der Waals surface area contributed by atoms with E-state index in [1.54, 1.807) is 6.07 Å². The van der Waals surface area contributed by atoms with Crippen LogP contribution < -0.4 is 5.32 Å². The van der Waals surface area contributed by atoms with E-state index in [1.807, 2.05) is 13.1 Å². The smallest absolute Gasteiger partial charge is 0.207 e. The van der Waals surface area contributed by atoms with Crippen LogP contribution in [0.3, 0.4) is 0 Å². The number of anilines is 2. The Balaban J connectivity index is 1.92. The Labute approximate surface area is 122 Å². The van der Waals surface area contributed by atoms with Gasteiger partial charge in [-0.25, -0.2) is 9.37 Å². The maximum Gasteiger partial charge on any atom is 0.207 e. The van der Waals surface area contributed by atoms with Crippen molar-refractivity contribution in [3.63, 3.8) is 0 Å². The van der Waals surface area contributed by atoms with E-state index in [9.17, 15) is 4.39 Å². The van der Waals surface area contributed by atoms with Gasteiger partial charge in [0.25, 0.3) is 0 Å². The molecule has 3 nitrogen and oxygen atoms in total. The minimum absolute atomic E-state index is 0.312. The molecule has 0 saturated heterocycles. The summed E-state index contributed by atoms with van der Waals surface area (Å²) in [7, 11) is 0. The molecule has 1 fully saturated rings. The quantitative estimate of drug-likeness (QED) is 0.877. The van der Waals surface area contributed by atoms with Crippen LogP contribution in [0.15, 0.2) is 24.4 Å². The lowest BCUT2D eigenvalue weighted by molar-refractivity contribution is 0.524. The summed E-state index contributed by atoms with van der Waals surface area (Å²) in [6.07, 6.45) is 6.89. The van der Waals surface area contributed by atoms with Crippen molar-refractivity contribution in [2.24, 2.45) is 0 Å². The molecule has 0 spiro atoms. The predicted octanol–water partition coefficient (Wildman–Crippen LogP) is 4.84. The SMILES string of the molecule is Cc1cn(C2CCCC2)c(Nc2cc(F)ccc2Cl)n1. The monoisotopic (exact) mass is 293 g/mol. The second-order valence-electron chi connectivity index (χ2n) is 5.30. The van der Waals surface area contributed by atoms with Crippen molar-refractivity contribution >= 4 is 23.2 Å². The zero-order chi connectivity index (χ0) is 14.1. The summed E-state index contributed by atoms with van der Waals surface area (Å²) in [5.41, 5.74) is 1.50. The van der Waals surface area contributed by atoms with Crippen molar-refractivity contribution < 1.29 is 4.39 Å². The lowest BCUT2D eigenvalue weighted by Gasteiger charge is -2.16. The van der Waals surface area contributed by atoms with E-state index in [-0.39, 0.29) is 5.82 Å². The first-order chi connectivity index (χ1) is 9.63. The Morgan fingerprint density at radius 3 is 2.85 bits per heavy atom. The van der Waals surface area contributed by atoms with Gasteiger partial charge in [-0.1, -0.05) is 24.4 Å². The maximum absolute atomic E-state index is 13.3. The van der Waals surface area contributed by atoms with Gasteiger partial charge in [-0.3, -0.25) is 0 Å². The molecule has 3 rings (SSSR count). The first kappa shape index (κ1) is 13.4. The van der Waals surface area contributed by atoms with Crippen molar-refractivity contribution in [1.29, 1.82) is 0 Å². The lowest BCUT2D eigenvalue weighted by atomic mass is 10.2. The van der Waals surface area contributed by atoms with Crippen LogP contribution in [-0.2, 0) is 0 Å². The number of hydrogen-bond acceptors (Lipinski definition) is 2. The summed E-state index contributed by atoms with van der Waals surface area (Å²) in [6.45, 7) is 1.96. The van der Waals surface area contributed by atoms with Crippen LogP contribution in [0.1, 0.15) is 37.4 Å². The van der Waals surface area contributed by atoms with Crippen LogP contribution in [-0.4, -0.2) is 9.55 Å². The number of hydrogen-bond donors (Lipinski definition) is 1. The van der Waals surface area contributed by atoms with Crippen LogP contribution in [0, 0.1) is 12.7 Å². The van der Waals surface area contributed by atoms with E-state index in [4.69, 9.17) is 11.6 Å². The van der Waals surface area contributed by atoms with Gasteiger partial charge in [-0.2, -0.15) is 0 Å². The maximum atomic E-state index is 13.3. The summed E-state index contributed by atoms with van der Waals surface area (Å²) in [5.74, 6) is 0.425. The third-order valence-electron chi connectivity index (χ3n) is 3.75. The summed E-state index contributed by atoms with van der Waals surface area (Å²) < 4.78 is 15.5. The molecule has 1 aliphatic carbocycles. The number of nitrogens with one attached hydrogen (secondary N) is 1. The summed E-state index contributed by atoms with van der Waals surface area (Å²) in [5, 5.41) is 3.65. The fourth-order valence-electron chi connectivity index (χ4n) is 2.78. The Kier molecular flexibility index (Phi) is 3.66. The van der Waals surface area contributed by atoms with Gasteiger partial charge in [0.05, 0.1) is 16.4 Å². The predicted molar refractivity (Wildman–Crippen MR) is 79.2 cm³/mol. The third-order valence-corrected chi connectivity index (χ3v) is 4.08. The molecule has 0 aliphatic heterocycles. The van der Waals surface area contributed by atoms with E-state index in [2.05, 4.69) is 14.9 Å². The normalized spacial score (nSPS) is 15.8. The average molecular weight is 294 g/mol. The number of benzene rings is 1. The molecule has 0 radical (unpaired) electrons. The molecular formula is C15H17ClFN3. The summed E-state index contributed by atoms with van der Waals surface area (Å²) in [6, 6.07) is 4.77. The molecule has 0 bridgehead atoms. The second-order valence-corrected chi connectivity index (χ2v) is 5.71. The zero-order valence-electron chi connectivity index (χ0n) is 11.4. The molecule has 2 aromatic rings. The molecule has 0 atom stereocenters. The molecule has 5 heteroatoms. The van der Waals surface area contributed by atoms with Crippen LogP contribution in [0.5, 0.6) is 0 Å². The molecular weight excluding hydrogens is 277 g/mol. The largest absolute Gasteiger partial charge is 0.324 e. The molecule has 106 valence electrons. The van der Waals surface area contributed by atoms with Crippen LogP contribution in [0.25, 0.3) is 0 Å². The lowest BCUT2D eigenvalue weighted by Crippen LogP contribution is -2.08. The van der Waals surface area contributed by atoms with Crippen molar-refractivity contribution in [1.82, 2.24) is 9.55 Å². The van der Waals surface area contributed by atoms with Gasteiger partial charge in [0.1, 0.15) is 5.82 Å². The number of halogens is 2. The first-order valence-electron chi connectivity index (χ1n) is 6.91. The Bertz CT molecular complexity index is 618. The molecule has 1 aromatic carbocycles. The molecule has 20 heavy (non-hydrogen) atoms. The molecule has 1 saturated carbocycles. The highest BCUT2D eigenvalue weighted by Gasteiger charge is 2.20. The van der Waals surface area contributed by atoms with Crippen LogP contribution in [0.4, 0.5) is 16.0 Å². The van der Waals surface area contributed by atoms with Crippen molar-refractivity contribution in [2.75, 3.05) is 5.32 Å².